The third kappa shape index (κ3) is 3.96. The van der Waals surface area contributed by atoms with E-state index in [1.807, 2.05) is 0 Å². The van der Waals surface area contributed by atoms with Gasteiger partial charge in [-0.15, -0.1) is 11.3 Å². The molecule has 1 fully saturated rings. The van der Waals surface area contributed by atoms with Gasteiger partial charge >= 0.3 is 0 Å². The largest absolute Gasteiger partial charge is 0.322 e. The molecule has 1 saturated heterocycles. The fourth-order valence-corrected chi connectivity index (χ4v) is 5.58. The molecule has 1 N–H and O–H groups in total. The maximum absolute atomic E-state index is 13.0. The van der Waals surface area contributed by atoms with Crippen molar-refractivity contribution < 1.29 is 13.2 Å². The summed E-state index contributed by atoms with van der Waals surface area (Å²) in [5.74, 6) is -0.632. The van der Waals surface area contributed by atoms with Gasteiger partial charge in [0.2, 0.25) is 10.0 Å². The number of nitrogens with one attached hydrogen (secondary N) is 1. The van der Waals surface area contributed by atoms with Crippen LogP contribution >= 0.6 is 11.3 Å². The van der Waals surface area contributed by atoms with Crippen molar-refractivity contribution in [2.24, 2.45) is 0 Å². The van der Waals surface area contributed by atoms with Crippen molar-refractivity contribution in [2.45, 2.75) is 30.6 Å². The normalized spacial score (nSPS) is 15.9. The van der Waals surface area contributed by atoms with Crippen LogP contribution in [0.3, 0.4) is 0 Å². The highest BCUT2D eigenvalue weighted by molar-refractivity contribution is 7.89. The summed E-state index contributed by atoms with van der Waals surface area (Å²) in [6, 6.07) is 6.11. The van der Waals surface area contributed by atoms with Crippen molar-refractivity contribution in [1.82, 2.24) is 13.7 Å². The number of rotatable bonds is 4. The summed E-state index contributed by atoms with van der Waals surface area (Å²) >= 11 is 1.29. The van der Waals surface area contributed by atoms with Gasteiger partial charge in [0.25, 0.3) is 11.5 Å². The highest BCUT2D eigenvalue weighted by Crippen LogP contribution is 2.23. The monoisotopic (exact) mass is 432 g/mol. The van der Waals surface area contributed by atoms with Gasteiger partial charge in [-0.05, 0) is 31.0 Å². The molecule has 0 saturated carbocycles. The minimum Gasteiger partial charge on any atom is -0.322 e. The number of anilines is 1. The van der Waals surface area contributed by atoms with Crippen molar-refractivity contribution in [3.05, 3.63) is 58.0 Å². The van der Waals surface area contributed by atoms with Gasteiger partial charge < -0.3 is 5.32 Å². The van der Waals surface area contributed by atoms with E-state index in [-0.39, 0.29) is 10.5 Å². The van der Waals surface area contributed by atoms with Gasteiger partial charge in [-0.3, -0.25) is 14.0 Å². The molecular weight excluding hydrogens is 412 g/mol. The lowest BCUT2D eigenvalue weighted by molar-refractivity contribution is 0.102. The van der Waals surface area contributed by atoms with E-state index in [0.29, 0.717) is 23.7 Å². The van der Waals surface area contributed by atoms with E-state index in [2.05, 4.69) is 10.3 Å². The van der Waals surface area contributed by atoms with Crippen LogP contribution in [-0.2, 0) is 10.0 Å². The van der Waals surface area contributed by atoms with E-state index < -0.39 is 21.5 Å². The SMILES string of the molecule is O=C(Nc1cccc(S(=O)(=O)N2CCCCCC2)c1)c1cnc2sccn2c1=O. The predicted molar refractivity (Wildman–Crippen MR) is 111 cm³/mol. The molecule has 2 aromatic heterocycles. The van der Waals surface area contributed by atoms with Crippen LogP contribution in [0.2, 0.25) is 0 Å². The van der Waals surface area contributed by atoms with E-state index in [9.17, 15) is 18.0 Å². The van der Waals surface area contributed by atoms with Crippen molar-refractivity contribution in [1.29, 1.82) is 0 Å². The summed E-state index contributed by atoms with van der Waals surface area (Å²) < 4.78 is 28.7. The Labute approximate surface area is 171 Å². The van der Waals surface area contributed by atoms with Gasteiger partial charge in [0, 0.05) is 36.6 Å². The van der Waals surface area contributed by atoms with Gasteiger partial charge in [0.15, 0.2) is 4.96 Å². The summed E-state index contributed by atoms with van der Waals surface area (Å²) in [6.07, 6.45) is 6.54. The highest BCUT2D eigenvalue weighted by atomic mass is 32.2. The Balaban J connectivity index is 1.59. The van der Waals surface area contributed by atoms with Crippen LogP contribution in [0, 0.1) is 0 Å². The minimum absolute atomic E-state index is 0.110. The van der Waals surface area contributed by atoms with Gasteiger partial charge in [-0.2, -0.15) is 4.31 Å². The molecule has 0 radical (unpaired) electrons. The molecule has 10 heteroatoms. The maximum atomic E-state index is 13.0. The Bertz CT molecular complexity index is 1210. The molecule has 8 nitrogen and oxygen atoms in total. The van der Waals surface area contributed by atoms with Crippen LogP contribution < -0.4 is 10.9 Å². The molecule has 0 atom stereocenters. The molecule has 3 heterocycles. The lowest BCUT2D eigenvalue weighted by atomic mass is 10.2. The second-order valence-corrected chi connectivity index (χ2v) is 9.64. The van der Waals surface area contributed by atoms with E-state index in [0.717, 1.165) is 25.7 Å². The molecule has 4 rings (SSSR count). The first-order valence-electron chi connectivity index (χ1n) is 9.33. The molecule has 152 valence electrons. The zero-order valence-electron chi connectivity index (χ0n) is 15.6. The molecule has 3 aromatic rings. The molecular formula is C19H20N4O4S2. The number of hydrogen-bond acceptors (Lipinski definition) is 6. The summed E-state index contributed by atoms with van der Waals surface area (Å²) in [5, 5.41) is 4.32. The number of benzene rings is 1. The number of amides is 1. The molecule has 1 aromatic carbocycles. The van der Waals surface area contributed by atoms with E-state index in [1.165, 1.54) is 38.4 Å². The molecule has 0 unspecified atom stereocenters. The van der Waals surface area contributed by atoms with Crippen molar-refractivity contribution in [2.75, 3.05) is 18.4 Å². The number of sulfonamides is 1. The Hall–Kier alpha value is -2.56. The van der Waals surface area contributed by atoms with Gasteiger partial charge in [-0.25, -0.2) is 13.4 Å². The lowest BCUT2D eigenvalue weighted by Crippen LogP contribution is -2.32. The van der Waals surface area contributed by atoms with E-state index >= 15 is 0 Å². The zero-order chi connectivity index (χ0) is 20.4. The van der Waals surface area contributed by atoms with Crippen LogP contribution in [0.1, 0.15) is 36.0 Å². The first-order chi connectivity index (χ1) is 14.0. The first-order valence-corrected chi connectivity index (χ1v) is 11.7. The smallest absolute Gasteiger partial charge is 0.271 e. The molecule has 0 aliphatic carbocycles. The number of thiazole rings is 1. The number of carbonyl (C=O) groups is 1. The average Bonchev–Trinajstić information content (AvgIpc) is 3.02. The third-order valence-corrected chi connectivity index (χ3v) is 7.55. The lowest BCUT2D eigenvalue weighted by Gasteiger charge is -2.20. The second-order valence-electron chi connectivity index (χ2n) is 6.83. The van der Waals surface area contributed by atoms with E-state index in [4.69, 9.17) is 0 Å². The number of fused-ring (bicyclic) bond motifs is 1. The highest BCUT2D eigenvalue weighted by Gasteiger charge is 2.25. The number of carbonyl (C=O) groups excluding carboxylic acids is 1. The van der Waals surface area contributed by atoms with Crippen LogP contribution in [-0.4, -0.2) is 41.1 Å². The Morgan fingerprint density at radius 3 is 2.66 bits per heavy atom. The quantitative estimate of drug-likeness (QED) is 0.683. The zero-order valence-corrected chi connectivity index (χ0v) is 17.2. The van der Waals surface area contributed by atoms with Crippen molar-refractivity contribution >= 4 is 37.9 Å². The molecule has 0 spiro atoms. The molecule has 29 heavy (non-hydrogen) atoms. The van der Waals surface area contributed by atoms with Crippen LogP contribution in [0.4, 0.5) is 5.69 Å². The summed E-state index contributed by atoms with van der Waals surface area (Å²) in [6.45, 7) is 1.00. The third-order valence-electron chi connectivity index (χ3n) is 4.88. The standard InChI is InChI=1S/C19H20N4O4S2/c24-17(16-13-20-19-23(18(16)25)10-11-28-19)21-14-6-5-7-15(12-14)29(26,27)22-8-3-1-2-4-9-22/h5-7,10-13H,1-4,8-9H2,(H,21,24). The summed E-state index contributed by atoms with van der Waals surface area (Å²) in [7, 11) is -3.63. The fourth-order valence-electron chi connectivity index (χ4n) is 3.34. The van der Waals surface area contributed by atoms with Gasteiger partial charge in [-0.1, -0.05) is 18.9 Å². The van der Waals surface area contributed by atoms with Gasteiger partial charge in [0.1, 0.15) is 5.56 Å². The topological polar surface area (TPSA) is 101 Å². The predicted octanol–water partition coefficient (Wildman–Crippen LogP) is 2.57. The number of hydrogen-bond donors (Lipinski definition) is 1. The first kappa shape index (κ1) is 19.7. The van der Waals surface area contributed by atoms with Crippen LogP contribution in [0.5, 0.6) is 0 Å². The number of aromatic nitrogens is 2. The van der Waals surface area contributed by atoms with Crippen molar-refractivity contribution in [3.8, 4) is 0 Å². The Morgan fingerprint density at radius 1 is 1.14 bits per heavy atom. The van der Waals surface area contributed by atoms with E-state index in [1.54, 1.807) is 23.7 Å². The summed E-state index contributed by atoms with van der Waals surface area (Å²) in [4.78, 5) is 29.8. The Kier molecular flexibility index (Phi) is 5.48. The molecule has 1 aliphatic rings. The molecule has 0 bridgehead atoms. The minimum atomic E-state index is -3.63. The summed E-state index contributed by atoms with van der Waals surface area (Å²) in [5.41, 5.74) is -0.274. The Morgan fingerprint density at radius 2 is 1.90 bits per heavy atom. The van der Waals surface area contributed by atoms with Crippen molar-refractivity contribution in [3.63, 3.8) is 0 Å². The number of nitrogens with zero attached hydrogens (tertiary/aromatic N) is 3. The van der Waals surface area contributed by atoms with Crippen LogP contribution in [0.15, 0.2) is 51.7 Å². The molecule has 1 amide bonds. The second kappa shape index (κ2) is 8.05. The average molecular weight is 433 g/mol. The van der Waals surface area contributed by atoms with Crippen LogP contribution in [0.25, 0.3) is 4.96 Å². The molecule has 1 aliphatic heterocycles. The maximum Gasteiger partial charge on any atom is 0.271 e. The fraction of sp³-hybridized carbons (Fsp3) is 0.316. The van der Waals surface area contributed by atoms with Gasteiger partial charge in [0.05, 0.1) is 4.90 Å².